The molecule has 0 bridgehead atoms. The number of nitrogens with zero attached hydrogens (tertiary/aromatic N) is 2. The highest BCUT2D eigenvalue weighted by molar-refractivity contribution is 8.00. The van der Waals surface area contributed by atoms with Crippen molar-refractivity contribution in [3.05, 3.63) is 119 Å². The zero-order chi connectivity index (χ0) is 34.0. The fourth-order valence-electron chi connectivity index (χ4n) is 5.91. The molecule has 6 rings (SSSR count). The van der Waals surface area contributed by atoms with Crippen LogP contribution < -0.4 is 15.0 Å². The molecular weight excluding hydrogens is 630 g/mol. The van der Waals surface area contributed by atoms with Crippen molar-refractivity contribution in [2.75, 3.05) is 24.3 Å². The molecule has 11 heteroatoms. The summed E-state index contributed by atoms with van der Waals surface area (Å²) in [6.45, 7) is 5.67. The van der Waals surface area contributed by atoms with E-state index >= 15 is 0 Å². The predicted octanol–water partition coefficient (Wildman–Crippen LogP) is 5.75. The summed E-state index contributed by atoms with van der Waals surface area (Å²) in [6.07, 6.45) is 0.691. The third kappa shape index (κ3) is 6.82. The molecule has 2 fully saturated rings. The van der Waals surface area contributed by atoms with Crippen molar-refractivity contribution in [1.82, 2.24) is 10.2 Å². The molecule has 0 unspecified atom stereocenters. The highest BCUT2D eigenvalue weighted by atomic mass is 32.2. The first-order valence-corrected chi connectivity index (χ1v) is 16.7. The van der Waals surface area contributed by atoms with Gasteiger partial charge in [0, 0.05) is 29.6 Å². The highest BCUT2D eigenvalue weighted by Crippen LogP contribution is 2.43. The van der Waals surface area contributed by atoms with Gasteiger partial charge in [-0.3, -0.25) is 14.5 Å². The minimum Gasteiger partial charge on any atom is -0.497 e. The molecule has 0 aliphatic carbocycles. The molecule has 10 nitrogen and oxygen atoms in total. The number of alkyl carbamates (subject to hydrolysis) is 1. The average Bonchev–Trinajstić information content (AvgIpc) is 3.45. The van der Waals surface area contributed by atoms with E-state index in [1.807, 2.05) is 78.9 Å². The second-order valence-corrected chi connectivity index (χ2v) is 13.7. The summed E-state index contributed by atoms with van der Waals surface area (Å²) in [6, 6.07) is 25.1. The maximum Gasteiger partial charge on any atom is 0.408 e. The van der Waals surface area contributed by atoms with Gasteiger partial charge in [0.2, 0.25) is 0 Å². The molecule has 0 saturated carbocycles. The third-order valence-corrected chi connectivity index (χ3v) is 9.43. The lowest BCUT2D eigenvalue weighted by molar-refractivity contribution is -0.153. The van der Waals surface area contributed by atoms with Gasteiger partial charge in [-0.1, -0.05) is 66.7 Å². The lowest BCUT2D eigenvalue weighted by atomic mass is 10.00. The number of rotatable bonds is 8. The number of esters is 1. The maximum absolute atomic E-state index is 14.3. The Labute approximate surface area is 283 Å². The minimum absolute atomic E-state index is 0.0583. The fraction of sp³-hybridized carbons (Fsp3) is 0.297. The van der Waals surface area contributed by atoms with Crippen LogP contribution in [-0.2, 0) is 23.9 Å². The summed E-state index contributed by atoms with van der Waals surface area (Å²) < 4.78 is 17.0. The van der Waals surface area contributed by atoms with Crippen LogP contribution in [0.3, 0.4) is 0 Å². The van der Waals surface area contributed by atoms with Crippen molar-refractivity contribution in [2.24, 2.45) is 0 Å². The van der Waals surface area contributed by atoms with Gasteiger partial charge in [-0.25, -0.2) is 9.59 Å². The Bertz CT molecular complexity index is 1750. The van der Waals surface area contributed by atoms with Crippen molar-refractivity contribution in [2.45, 2.75) is 50.3 Å². The second kappa shape index (κ2) is 13.6. The Morgan fingerprint density at radius 2 is 1.62 bits per heavy atom. The number of nitrogens with one attached hydrogen (secondary N) is 1. The largest absolute Gasteiger partial charge is 0.497 e. The lowest BCUT2D eigenvalue weighted by Crippen LogP contribution is -2.70. The van der Waals surface area contributed by atoms with E-state index in [1.165, 1.54) is 16.7 Å². The number of benzene rings is 3. The summed E-state index contributed by atoms with van der Waals surface area (Å²) in [5, 5.41) is 2.11. The molecule has 3 aromatic rings. The SMILES string of the molecule is COc1cccc(N2CC/C(=C\C3=C(C(=O)OC(c4ccccc4)c4ccccc4)N4C(=O)[C@@H](NC(=O)OC(C)(C)C)[C@H]4SC3)C2=O)c1. The number of amides is 3. The molecule has 2 atom stereocenters. The fourth-order valence-corrected chi connectivity index (χ4v) is 7.21. The van der Waals surface area contributed by atoms with E-state index in [1.54, 1.807) is 44.9 Å². The van der Waals surface area contributed by atoms with E-state index in [-0.39, 0.29) is 11.6 Å². The number of fused-ring (bicyclic) bond motifs is 1. The monoisotopic (exact) mass is 667 g/mol. The van der Waals surface area contributed by atoms with Gasteiger partial charge in [-0.2, -0.15) is 0 Å². The summed E-state index contributed by atoms with van der Waals surface area (Å²) in [5.41, 5.74) is 2.55. The Balaban J connectivity index is 1.34. The molecule has 3 heterocycles. The highest BCUT2D eigenvalue weighted by Gasteiger charge is 2.55. The molecule has 0 aromatic heterocycles. The number of anilines is 1. The van der Waals surface area contributed by atoms with Crippen molar-refractivity contribution in [1.29, 1.82) is 0 Å². The second-order valence-electron chi connectivity index (χ2n) is 12.6. The number of carbonyl (C=O) groups is 4. The Hall–Kier alpha value is -5.03. The molecule has 48 heavy (non-hydrogen) atoms. The molecule has 3 aliphatic heterocycles. The zero-order valence-corrected chi connectivity index (χ0v) is 28.0. The molecule has 3 amide bonds. The van der Waals surface area contributed by atoms with Gasteiger partial charge in [0.15, 0.2) is 6.10 Å². The first kappa shape index (κ1) is 32.9. The number of thioether (sulfide) groups is 1. The van der Waals surface area contributed by atoms with Crippen LogP contribution in [0.25, 0.3) is 0 Å². The number of hydrogen-bond acceptors (Lipinski definition) is 8. The first-order chi connectivity index (χ1) is 23.0. The number of allylic oxidation sites excluding steroid dienone is 1. The quantitative estimate of drug-likeness (QED) is 0.184. The van der Waals surface area contributed by atoms with Crippen molar-refractivity contribution in [3.63, 3.8) is 0 Å². The topological polar surface area (TPSA) is 114 Å². The number of hydrogen-bond donors (Lipinski definition) is 1. The van der Waals surface area contributed by atoms with Gasteiger partial charge in [0.25, 0.3) is 11.8 Å². The van der Waals surface area contributed by atoms with Gasteiger partial charge in [-0.05, 0) is 62.1 Å². The third-order valence-electron chi connectivity index (χ3n) is 8.13. The van der Waals surface area contributed by atoms with Crippen LogP contribution in [0.5, 0.6) is 5.75 Å². The van der Waals surface area contributed by atoms with E-state index in [2.05, 4.69) is 5.32 Å². The molecule has 0 spiro atoms. The molecular formula is C37H37N3O7S. The van der Waals surface area contributed by atoms with Crippen molar-refractivity contribution in [3.8, 4) is 5.75 Å². The summed E-state index contributed by atoms with van der Waals surface area (Å²) in [5.74, 6) is -0.418. The van der Waals surface area contributed by atoms with Crippen LogP contribution in [0.2, 0.25) is 0 Å². The average molecular weight is 668 g/mol. The molecule has 1 N–H and O–H groups in total. The Morgan fingerprint density at radius 3 is 2.25 bits per heavy atom. The van der Waals surface area contributed by atoms with E-state index in [9.17, 15) is 19.2 Å². The smallest absolute Gasteiger partial charge is 0.408 e. The van der Waals surface area contributed by atoms with Crippen LogP contribution in [0.4, 0.5) is 10.5 Å². The van der Waals surface area contributed by atoms with Gasteiger partial charge < -0.3 is 24.4 Å². The van der Waals surface area contributed by atoms with Crippen molar-refractivity contribution < 1.29 is 33.4 Å². The normalized spacial score (nSPS) is 20.1. The van der Waals surface area contributed by atoms with Crippen molar-refractivity contribution >= 4 is 41.3 Å². The summed E-state index contributed by atoms with van der Waals surface area (Å²) in [7, 11) is 1.57. The Kier molecular flexibility index (Phi) is 9.32. The van der Waals surface area contributed by atoms with Gasteiger partial charge >= 0.3 is 12.1 Å². The molecule has 3 aromatic carbocycles. The van der Waals surface area contributed by atoms with E-state index < -0.39 is 41.1 Å². The van der Waals surface area contributed by atoms with Crippen LogP contribution in [0.1, 0.15) is 44.4 Å². The lowest BCUT2D eigenvalue weighted by Gasteiger charge is -2.49. The molecule has 2 saturated heterocycles. The Morgan fingerprint density at radius 1 is 0.958 bits per heavy atom. The van der Waals surface area contributed by atoms with E-state index in [0.29, 0.717) is 41.3 Å². The van der Waals surface area contributed by atoms with Gasteiger partial charge in [-0.15, -0.1) is 11.8 Å². The standard InChI is InChI=1S/C37H37N3O7S/c1-37(2,3)47-36(44)38-29-33(42)40-30(35(43)46-31(23-12-7-5-8-13-23)24-14-9-6-10-15-24)26(22-48-34(29)40)20-25-18-19-39(32(25)41)27-16-11-17-28(21-27)45-4/h5-17,20-21,29,31,34H,18-19,22H2,1-4H3,(H,38,44)/b25-20+/t29-,34-/m1/s1. The first-order valence-electron chi connectivity index (χ1n) is 15.7. The molecule has 3 aliphatic rings. The summed E-state index contributed by atoms with van der Waals surface area (Å²) in [4.78, 5) is 57.3. The number of methoxy groups -OCH3 is 1. The minimum atomic E-state index is -0.891. The zero-order valence-electron chi connectivity index (χ0n) is 27.2. The number of β-lactam (4-membered cyclic amide) rings is 1. The van der Waals surface area contributed by atoms with Crippen LogP contribution in [0.15, 0.2) is 108 Å². The van der Waals surface area contributed by atoms with Crippen LogP contribution in [0, 0.1) is 0 Å². The summed E-state index contributed by atoms with van der Waals surface area (Å²) >= 11 is 1.40. The van der Waals surface area contributed by atoms with E-state index in [4.69, 9.17) is 14.2 Å². The van der Waals surface area contributed by atoms with Gasteiger partial charge in [0.1, 0.15) is 28.5 Å². The van der Waals surface area contributed by atoms with Crippen LogP contribution in [-0.4, -0.2) is 65.2 Å². The van der Waals surface area contributed by atoms with E-state index in [0.717, 1.165) is 11.1 Å². The molecule has 0 radical (unpaired) electrons. The maximum atomic E-state index is 14.3. The molecule has 248 valence electrons. The number of carbonyl (C=O) groups excluding carboxylic acids is 4. The van der Waals surface area contributed by atoms with Crippen LogP contribution >= 0.6 is 11.8 Å². The predicted molar refractivity (Wildman–Crippen MR) is 182 cm³/mol. The number of ether oxygens (including phenoxy) is 3. The van der Waals surface area contributed by atoms with Gasteiger partial charge in [0.05, 0.1) is 7.11 Å².